The third kappa shape index (κ3) is 5.19. The van der Waals surface area contributed by atoms with Crippen molar-refractivity contribution in [2.24, 2.45) is 0 Å². The molecule has 1 aliphatic rings. The predicted molar refractivity (Wildman–Crippen MR) is 112 cm³/mol. The van der Waals surface area contributed by atoms with Gasteiger partial charge in [0.15, 0.2) is 0 Å². The van der Waals surface area contributed by atoms with Crippen molar-refractivity contribution in [3.63, 3.8) is 0 Å². The first-order chi connectivity index (χ1) is 14.9. The largest absolute Gasteiger partial charge is 0.464 e. The molecule has 0 spiro atoms. The van der Waals surface area contributed by atoms with Crippen LogP contribution in [0.2, 0.25) is 0 Å². The molecular formula is C22H26F3N5O. The minimum Gasteiger partial charge on any atom is -0.464 e. The van der Waals surface area contributed by atoms with Gasteiger partial charge < -0.3 is 14.5 Å². The fourth-order valence-corrected chi connectivity index (χ4v) is 3.80. The number of fused-ring (bicyclic) bond motifs is 1. The summed E-state index contributed by atoms with van der Waals surface area (Å²) in [4.78, 5) is 12.9. The topological polar surface area (TPSA) is 65.3 Å². The van der Waals surface area contributed by atoms with Crippen molar-refractivity contribution in [3.05, 3.63) is 41.1 Å². The van der Waals surface area contributed by atoms with Crippen molar-refractivity contribution in [2.45, 2.75) is 45.8 Å². The molecule has 2 heterocycles. The SMILES string of the molecule is CCOc1nc2c(c(N(CC)CCCC#N)n1)CCN(c1ccccc1C(F)(F)F)C2. The van der Waals surface area contributed by atoms with Gasteiger partial charge in [-0.2, -0.15) is 28.4 Å². The van der Waals surface area contributed by atoms with Crippen molar-refractivity contribution in [2.75, 3.05) is 36.0 Å². The Labute approximate surface area is 180 Å². The lowest BCUT2D eigenvalue weighted by Gasteiger charge is -2.34. The Balaban J connectivity index is 1.97. The van der Waals surface area contributed by atoms with Gasteiger partial charge in [-0.25, -0.2) is 0 Å². The summed E-state index contributed by atoms with van der Waals surface area (Å²) in [6.07, 6.45) is -2.75. The molecule has 0 bridgehead atoms. The standard InChI is InChI=1S/C22H26F3N5O/c1-3-29(13-8-7-12-26)20-16-11-14-30(15-18(16)27-21(28-20)31-4-2)19-10-6-5-9-17(19)22(23,24)25/h5-6,9-10H,3-4,7-8,11,13-15H2,1-2H3. The molecule has 0 atom stereocenters. The van der Waals surface area contributed by atoms with Crippen LogP contribution in [-0.2, 0) is 19.1 Å². The van der Waals surface area contributed by atoms with E-state index in [0.29, 0.717) is 51.2 Å². The molecule has 0 radical (unpaired) electrons. The van der Waals surface area contributed by atoms with Crippen molar-refractivity contribution in [1.29, 1.82) is 5.26 Å². The van der Waals surface area contributed by atoms with Crippen molar-refractivity contribution in [3.8, 4) is 12.1 Å². The molecule has 0 saturated carbocycles. The van der Waals surface area contributed by atoms with Crippen LogP contribution in [0.4, 0.5) is 24.7 Å². The van der Waals surface area contributed by atoms with E-state index in [1.807, 2.05) is 13.8 Å². The Morgan fingerprint density at radius 3 is 2.68 bits per heavy atom. The van der Waals surface area contributed by atoms with E-state index in [9.17, 15) is 13.2 Å². The van der Waals surface area contributed by atoms with Gasteiger partial charge in [-0.3, -0.25) is 0 Å². The molecule has 0 saturated heterocycles. The zero-order valence-corrected chi connectivity index (χ0v) is 17.7. The van der Waals surface area contributed by atoms with E-state index < -0.39 is 11.7 Å². The number of hydrogen-bond acceptors (Lipinski definition) is 6. The molecule has 0 unspecified atom stereocenters. The molecule has 1 aromatic heterocycles. The fraction of sp³-hybridized carbons (Fsp3) is 0.500. The van der Waals surface area contributed by atoms with Crippen LogP contribution in [0.25, 0.3) is 0 Å². The summed E-state index contributed by atoms with van der Waals surface area (Å²) in [5.74, 6) is 0.748. The number of ether oxygens (including phenoxy) is 1. The number of nitrogens with zero attached hydrogens (tertiary/aromatic N) is 5. The molecule has 2 aromatic rings. The van der Waals surface area contributed by atoms with E-state index in [1.165, 1.54) is 12.1 Å². The summed E-state index contributed by atoms with van der Waals surface area (Å²) in [7, 11) is 0. The van der Waals surface area contributed by atoms with E-state index in [4.69, 9.17) is 10.00 Å². The Morgan fingerprint density at radius 2 is 2.00 bits per heavy atom. The second kappa shape index (κ2) is 9.86. The van der Waals surface area contributed by atoms with Gasteiger partial charge in [0.25, 0.3) is 0 Å². The summed E-state index contributed by atoms with van der Waals surface area (Å²) < 4.78 is 46.1. The van der Waals surface area contributed by atoms with Gasteiger partial charge in [-0.15, -0.1) is 0 Å². The number of anilines is 2. The number of rotatable bonds is 8. The highest BCUT2D eigenvalue weighted by molar-refractivity contribution is 5.59. The van der Waals surface area contributed by atoms with Gasteiger partial charge in [0.2, 0.25) is 0 Å². The maximum absolute atomic E-state index is 13.5. The molecule has 166 valence electrons. The van der Waals surface area contributed by atoms with Crippen LogP contribution in [-0.4, -0.2) is 36.2 Å². The summed E-state index contributed by atoms with van der Waals surface area (Å²) in [6, 6.07) is 8.00. The number of aromatic nitrogens is 2. The van der Waals surface area contributed by atoms with Gasteiger partial charge in [0, 0.05) is 37.3 Å². The molecule has 1 aliphatic heterocycles. The molecule has 0 amide bonds. The molecule has 9 heteroatoms. The number of para-hydroxylation sites is 1. The minimum absolute atomic E-state index is 0.153. The molecule has 6 nitrogen and oxygen atoms in total. The Hall–Kier alpha value is -3.02. The summed E-state index contributed by atoms with van der Waals surface area (Å²) in [5.41, 5.74) is 1.11. The van der Waals surface area contributed by atoms with E-state index in [2.05, 4.69) is 20.9 Å². The van der Waals surface area contributed by atoms with Crippen LogP contribution in [0.15, 0.2) is 24.3 Å². The van der Waals surface area contributed by atoms with E-state index >= 15 is 0 Å². The number of unbranched alkanes of at least 4 members (excludes halogenated alkanes) is 1. The van der Waals surface area contributed by atoms with Gasteiger partial charge in [-0.05, 0) is 38.8 Å². The first-order valence-electron chi connectivity index (χ1n) is 10.4. The molecule has 0 N–H and O–H groups in total. The second-order valence-electron chi connectivity index (χ2n) is 7.22. The number of benzene rings is 1. The highest BCUT2D eigenvalue weighted by Gasteiger charge is 2.36. The Kier molecular flexibility index (Phi) is 7.21. The van der Waals surface area contributed by atoms with Crippen LogP contribution >= 0.6 is 0 Å². The zero-order chi connectivity index (χ0) is 22.4. The van der Waals surface area contributed by atoms with Crippen molar-refractivity contribution < 1.29 is 17.9 Å². The second-order valence-corrected chi connectivity index (χ2v) is 7.22. The van der Waals surface area contributed by atoms with Gasteiger partial charge >= 0.3 is 12.2 Å². The van der Waals surface area contributed by atoms with Gasteiger partial charge in [0.1, 0.15) is 5.82 Å². The highest BCUT2D eigenvalue weighted by Crippen LogP contribution is 2.39. The minimum atomic E-state index is -4.43. The lowest BCUT2D eigenvalue weighted by atomic mass is 10.0. The number of halogens is 3. The van der Waals surface area contributed by atoms with Gasteiger partial charge in [0.05, 0.1) is 30.5 Å². The number of hydrogen-bond donors (Lipinski definition) is 0. The molecule has 0 aliphatic carbocycles. The Bertz CT molecular complexity index is 942. The lowest BCUT2D eigenvalue weighted by Crippen LogP contribution is -2.35. The molecule has 1 aromatic carbocycles. The van der Waals surface area contributed by atoms with Crippen LogP contribution in [0, 0.1) is 11.3 Å². The van der Waals surface area contributed by atoms with Crippen molar-refractivity contribution in [1.82, 2.24) is 9.97 Å². The third-order valence-electron chi connectivity index (χ3n) is 5.24. The first-order valence-corrected chi connectivity index (χ1v) is 10.4. The van der Waals surface area contributed by atoms with E-state index in [1.54, 1.807) is 11.0 Å². The van der Waals surface area contributed by atoms with E-state index in [0.717, 1.165) is 17.4 Å². The smallest absolute Gasteiger partial charge is 0.418 e. The molecule has 3 rings (SSSR count). The average Bonchev–Trinajstić information content (AvgIpc) is 2.75. The monoisotopic (exact) mass is 433 g/mol. The lowest BCUT2D eigenvalue weighted by molar-refractivity contribution is -0.137. The summed E-state index contributed by atoms with van der Waals surface area (Å²) >= 11 is 0. The molecule has 31 heavy (non-hydrogen) atoms. The van der Waals surface area contributed by atoms with Crippen LogP contribution in [0.1, 0.15) is 43.5 Å². The van der Waals surface area contributed by atoms with Crippen LogP contribution in [0.3, 0.4) is 0 Å². The maximum atomic E-state index is 13.5. The fourth-order valence-electron chi connectivity index (χ4n) is 3.80. The average molecular weight is 433 g/mol. The number of alkyl halides is 3. The van der Waals surface area contributed by atoms with E-state index in [-0.39, 0.29) is 18.2 Å². The first kappa shape index (κ1) is 22.7. The zero-order valence-electron chi connectivity index (χ0n) is 17.7. The van der Waals surface area contributed by atoms with Gasteiger partial charge in [-0.1, -0.05) is 12.1 Å². The normalized spacial score (nSPS) is 13.5. The third-order valence-corrected chi connectivity index (χ3v) is 5.24. The quantitative estimate of drug-likeness (QED) is 0.568. The Morgan fingerprint density at radius 1 is 1.23 bits per heavy atom. The van der Waals surface area contributed by atoms with Crippen LogP contribution < -0.4 is 14.5 Å². The van der Waals surface area contributed by atoms with Crippen LogP contribution in [0.5, 0.6) is 6.01 Å². The van der Waals surface area contributed by atoms with Crippen molar-refractivity contribution >= 4 is 11.5 Å². The molecular weight excluding hydrogens is 407 g/mol. The molecule has 0 fully saturated rings. The summed E-state index contributed by atoms with van der Waals surface area (Å²) in [5, 5.41) is 8.85. The summed E-state index contributed by atoms with van der Waals surface area (Å²) in [6.45, 7) is 6.27. The highest BCUT2D eigenvalue weighted by atomic mass is 19.4. The predicted octanol–water partition coefficient (Wildman–Crippen LogP) is 4.59. The number of nitriles is 1. The maximum Gasteiger partial charge on any atom is 0.418 e.